The Hall–Kier alpha value is -1.14. The van der Waals surface area contributed by atoms with Crippen LogP contribution in [-0.4, -0.2) is 14.5 Å². The van der Waals surface area contributed by atoms with Gasteiger partial charge in [-0.3, -0.25) is 0 Å². The number of sulfonamides is 1. The summed E-state index contributed by atoms with van der Waals surface area (Å²) in [6, 6.07) is 2.33. The van der Waals surface area contributed by atoms with E-state index in [1.807, 2.05) is 0 Å². The Bertz CT molecular complexity index is 608. The first-order valence-electron chi connectivity index (χ1n) is 7.41. The number of aryl methyl sites for hydroxylation is 1. The van der Waals surface area contributed by atoms with Crippen LogP contribution in [0.3, 0.4) is 0 Å². The lowest BCUT2D eigenvalue weighted by molar-refractivity contribution is 0.306. The molecule has 0 aliphatic heterocycles. The molecular weight excluding hydrogens is 291 g/mol. The number of halogens is 1. The third kappa shape index (κ3) is 3.74. The van der Waals surface area contributed by atoms with Crippen molar-refractivity contribution in [3.63, 3.8) is 0 Å². The van der Waals surface area contributed by atoms with Gasteiger partial charge >= 0.3 is 0 Å². The number of hydrogen-bond acceptors (Lipinski definition) is 3. The average molecular weight is 314 g/mol. The van der Waals surface area contributed by atoms with Crippen molar-refractivity contribution in [2.24, 2.45) is 5.92 Å². The van der Waals surface area contributed by atoms with E-state index in [0.717, 1.165) is 38.2 Å². The zero-order valence-corrected chi connectivity index (χ0v) is 13.3. The van der Waals surface area contributed by atoms with E-state index in [2.05, 4.69) is 11.6 Å². The van der Waals surface area contributed by atoms with Crippen molar-refractivity contribution in [2.75, 3.05) is 5.73 Å². The summed E-state index contributed by atoms with van der Waals surface area (Å²) in [6.45, 7) is 3.74. The Labute approximate surface area is 126 Å². The maximum atomic E-state index is 13.3. The van der Waals surface area contributed by atoms with Crippen molar-refractivity contribution in [3.8, 4) is 0 Å². The molecule has 0 saturated heterocycles. The molecule has 1 aromatic carbocycles. The second-order valence-electron chi connectivity index (χ2n) is 5.89. The minimum atomic E-state index is -3.65. The van der Waals surface area contributed by atoms with Gasteiger partial charge in [-0.25, -0.2) is 17.5 Å². The normalized spacial score (nSPS) is 23.2. The predicted octanol–water partition coefficient (Wildman–Crippen LogP) is 2.96. The highest BCUT2D eigenvalue weighted by Crippen LogP contribution is 2.28. The molecule has 4 nitrogen and oxygen atoms in total. The maximum absolute atomic E-state index is 13.3. The maximum Gasteiger partial charge on any atom is 0.241 e. The van der Waals surface area contributed by atoms with Crippen LogP contribution in [0.1, 0.15) is 44.6 Å². The molecule has 2 rings (SSSR count). The molecule has 1 fully saturated rings. The summed E-state index contributed by atoms with van der Waals surface area (Å²) < 4.78 is 41.0. The summed E-state index contributed by atoms with van der Waals surface area (Å²) in [5.74, 6) is 0.115. The fourth-order valence-electron chi connectivity index (χ4n) is 2.93. The second-order valence-corrected chi connectivity index (χ2v) is 7.57. The highest BCUT2D eigenvalue weighted by molar-refractivity contribution is 7.89. The van der Waals surface area contributed by atoms with E-state index >= 15 is 0 Å². The Morgan fingerprint density at radius 2 is 1.90 bits per heavy atom. The van der Waals surface area contributed by atoms with Crippen molar-refractivity contribution >= 4 is 15.7 Å². The van der Waals surface area contributed by atoms with Gasteiger partial charge in [0.25, 0.3) is 0 Å². The molecule has 0 spiro atoms. The van der Waals surface area contributed by atoms with E-state index in [0.29, 0.717) is 11.5 Å². The van der Waals surface area contributed by atoms with Gasteiger partial charge in [-0.2, -0.15) is 0 Å². The molecule has 3 N–H and O–H groups in total. The Morgan fingerprint density at radius 1 is 1.29 bits per heavy atom. The molecule has 1 aliphatic rings. The van der Waals surface area contributed by atoms with Crippen LogP contribution in [-0.2, 0) is 10.0 Å². The van der Waals surface area contributed by atoms with Crippen LogP contribution in [0.5, 0.6) is 0 Å². The average Bonchev–Trinajstić information content (AvgIpc) is 2.43. The van der Waals surface area contributed by atoms with Crippen molar-refractivity contribution in [1.29, 1.82) is 0 Å². The van der Waals surface area contributed by atoms with Crippen LogP contribution in [0, 0.1) is 18.7 Å². The van der Waals surface area contributed by atoms with E-state index in [4.69, 9.17) is 5.73 Å². The van der Waals surface area contributed by atoms with Crippen LogP contribution >= 0.6 is 0 Å². The number of rotatable bonds is 4. The van der Waals surface area contributed by atoms with Crippen LogP contribution in [0.4, 0.5) is 10.1 Å². The second kappa shape index (κ2) is 6.32. The Morgan fingerprint density at radius 3 is 2.48 bits per heavy atom. The number of anilines is 1. The first-order valence-corrected chi connectivity index (χ1v) is 8.89. The summed E-state index contributed by atoms with van der Waals surface area (Å²) in [4.78, 5) is 0.0685. The van der Waals surface area contributed by atoms with Gasteiger partial charge in [0.05, 0.1) is 10.6 Å². The fourth-order valence-corrected chi connectivity index (χ4v) is 4.50. The molecule has 0 radical (unpaired) electrons. The zero-order chi connectivity index (χ0) is 15.6. The largest absolute Gasteiger partial charge is 0.396 e. The lowest BCUT2D eigenvalue weighted by Crippen LogP contribution is -2.37. The van der Waals surface area contributed by atoms with Gasteiger partial charge in [-0.15, -0.1) is 0 Å². The molecule has 118 valence electrons. The lowest BCUT2D eigenvalue weighted by atomic mass is 9.85. The number of nitrogens with two attached hydrogens (primary N) is 1. The molecule has 1 saturated carbocycles. The van der Waals surface area contributed by atoms with Crippen molar-refractivity contribution in [1.82, 2.24) is 4.72 Å². The van der Waals surface area contributed by atoms with Gasteiger partial charge in [0, 0.05) is 6.04 Å². The lowest BCUT2D eigenvalue weighted by Gasteiger charge is -2.28. The minimum absolute atomic E-state index is 0.0384. The summed E-state index contributed by atoms with van der Waals surface area (Å²) >= 11 is 0. The standard InChI is InChI=1S/C15H23FN2O2S/c1-3-11-4-6-12(7-5-11)18-21(19,20)15-9-14(17)13(16)8-10(15)2/h8-9,11-12,18H,3-7,17H2,1-2H3. The Balaban J connectivity index is 2.14. The van der Waals surface area contributed by atoms with Gasteiger partial charge in [0.1, 0.15) is 5.82 Å². The van der Waals surface area contributed by atoms with E-state index in [1.54, 1.807) is 6.92 Å². The van der Waals surface area contributed by atoms with E-state index in [9.17, 15) is 12.8 Å². The van der Waals surface area contributed by atoms with Crippen LogP contribution in [0.2, 0.25) is 0 Å². The summed E-state index contributed by atoms with van der Waals surface area (Å²) in [5.41, 5.74) is 5.72. The van der Waals surface area contributed by atoms with E-state index < -0.39 is 15.8 Å². The molecular formula is C15H23FN2O2S. The van der Waals surface area contributed by atoms with Crippen molar-refractivity contribution in [2.45, 2.75) is 56.9 Å². The van der Waals surface area contributed by atoms with Crippen LogP contribution < -0.4 is 10.5 Å². The summed E-state index contributed by atoms with van der Waals surface area (Å²) in [6.07, 6.45) is 4.95. The summed E-state index contributed by atoms with van der Waals surface area (Å²) in [7, 11) is -3.65. The van der Waals surface area contributed by atoms with E-state index in [1.165, 1.54) is 6.07 Å². The fraction of sp³-hybridized carbons (Fsp3) is 0.600. The third-order valence-corrected chi connectivity index (χ3v) is 5.99. The van der Waals surface area contributed by atoms with Crippen molar-refractivity contribution < 1.29 is 12.8 Å². The molecule has 1 aliphatic carbocycles. The van der Waals surface area contributed by atoms with Gasteiger partial charge in [-0.1, -0.05) is 13.3 Å². The topological polar surface area (TPSA) is 72.2 Å². The number of hydrogen-bond donors (Lipinski definition) is 2. The smallest absolute Gasteiger partial charge is 0.241 e. The quantitative estimate of drug-likeness (QED) is 0.839. The molecule has 1 aromatic rings. The van der Waals surface area contributed by atoms with Crippen molar-refractivity contribution in [3.05, 3.63) is 23.5 Å². The molecule has 0 heterocycles. The van der Waals surface area contributed by atoms with Gasteiger partial charge in [0.15, 0.2) is 0 Å². The number of nitrogen functional groups attached to an aromatic ring is 1. The Kier molecular flexibility index (Phi) is 4.88. The van der Waals surface area contributed by atoms with Crippen LogP contribution in [0.15, 0.2) is 17.0 Å². The molecule has 0 aromatic heterocycles. The first-order chi connectivity index (χ1) is 9.83. The summed E-state index contributed by atoms with van der Waals surface area (Å²) in [5, 5.41) is 0. The molecule has 0 unspecified atom stereocenters. The number of benzene rings is 1. The van der Waals surface area contributed by atoms with Gasteiger partial charge < -0.3 is 5.73 Å². The highest BCUT2D eigenvalue weighted by atomic mass is 32.2. The monoisotopic (exact) mass is 314 g/mol. The van der Waals surface area contributed by atoms with Gasteiger partial charge in [0.2, 0.25) is 10.0 Å². The predicted molar refractivity (Wildman–Crippen MR) is 81.9 cm³/mol. The SMILES string of the molecule is CCC1CCC(NS(=O)(=O)c2cc(N)c(F)cc2C)CC1. The minimum Gasteiger partial charge on any atom is -0.396 e. The highest BCUT2D eigenvalue weighted by Gasteiger charge is 2.26. The third-order valence-electron chi connectivity index (χ3n) is 4.33. The molecule has 0 atom stereocenters. The molecule has 21 heavy (non-hydrogen) atoms. The molecule has 0 amide bonds. The van der Waals surface area contributed by atoms with Crippen LogP contribution in [0.25, 0.3) is 0 Å². The first kappa shape index (κ1) is 16.2. The molecule has 6 heteroatoms. The van der Waals surface area contributed by atoms with E-state index in [-0.39, 0.29) is 16.6 Å². The number of nitrogens with one attached hydrogen (secondary N) is 1. The zero-order valence-electron chi connectivity index (χ0n) is 12.5. The molecule has 0 bridgehead atoms. The van der Waals surface area contributed by atoms with Gasteiger partial charge in [-0.05, 0) is 56.2 Å².